The Balaban J connectivity index is 2.01. The van der Waals surface area contributed by atoms with Crippen molar-refractivity contribution in [2.24, 2.45) is 13.0 Å². The number of β-amino-alcohol motifs (C(OH)–C–C–N with tert-alkyl or cyclic N) is 1. The van der Waals surface area contributed by atoms with Gasteiger partial charge in [-0.25, -0.2) is 9.86 Å². The van der Waals surface area contributed by atoms with Crippen LogP contribution in [0.4, 0.5) is 0 Å². The van der Waals surface area contributed by atoms with Crippen LogP contribution < -0.4 is 11.2 Å². The number of hydrogen-bond donors (Lipinski definition) is 2. The number of nitrogens with one attached hydrogen (secondary N) is 1. The number of hydrogen-bond acceptors (Lipinski definition) is 7. The van der Waals surface area contributed by atoms with Gasteiger partial charge in [0.05, 0.1) is 23.2 Å². The first-order valence-corrected chi connectivity index (χ1v) is 12.5. The van der Waals surface area contributed by atoms with Crippen molar-refractivity contribution in [2.75, 3.05) is 13.2 Å². The third kappa shape index (κ3) is 4.48. The molecule has 4 heterocycles. The highest BCUT2D eigenvalue weighted by Gasteiger charge is 2.34. The summed E-state index contributed by atoms with van der Waals surface area (Å²) in [6.45, 7) is 12.6. The molecule has 1 saturated heterocycles. The van der Waals surface area contributed by atoms with Gasteiger partial charge in [0, 0.05) is 41.6 Å². The monoisotopic (exact) mass is 503 g/mol. The summed E-state index contributed by atoms with van der Waals surface area (Å²) in [5.41, 5.74) is 1.77. The van der Waals surface area contributed by atoms with Crippen molar-refractivity contribution in [1.29, 1.82) is 0 Å². The average Bonchev–Trinajstić information content (AvgIpc) is 3.46. The molecule has 0 bridgehead atoms. The number of aliphatic hydroxyl groups excluding tert-OH is 1. The number of nitrogens with zero attached hydrogens (tertiary/aromatic N) is 4. The number of aromatic nitrogens is 4. The quantitative estimate of drug-likeness (QED) is 0.550. The molecule has 2 N–H and O–H groups in total. The predicted molar refractivity (Wildman–Crippen MR) is 134 cm³/mol. The smallest absolute Gasteiger partial charge is 0.331 e. The maximum atomic E-state index is 13.7. The van der Waals surface area contributed by atoms with E-state index in [9.17, 15) is 19.5 Å². The zero-order valence-corrected chi connectivity index (χ0v) is 22.1. The molecule has 35 heavy (non-hydrogen) atoms. The molecule has 1 unspecified atom stereocenters. The summed E-state index contributed by atoms with van der Waals surface area (Å²) in [5, 5.41) is 18.8. The van der Waals surface area contributed by atoms with E-state index in [1.54, 1.807) is 4.57 Å². The normalized spacial score (nSPS) is 16.7. The van der Waals surface area contributed by atoms with Crippen LogP contribution >= 0.6 is 11.3 Å². The van der Waals surface area contributed by atoms with Crippen LogP contribution in [0.2, 0.25) is 0 Å². The molecule has 10 nitrogen and oxygen atoms in total. The fourth-order valence-corrected chi connectivity index (χ4v) is 5.74. The number of aromatic amines is 1. The van der Waals surface area contributed by atoms with Crippen LogP contribution in [-0.4, -0.2) is 54.7 Å². The zero-order chi connectivity index (χ0) is 25.8. The zero-order valence-electron chi connectivity index (χ0n) is 21.3. The van der Waals surface area contributed by atoms with E-state index in [2.05, 4.69) is 31.0 Å². The Morgan fingerprint density at radius 2 is 2.00 bits per heavy atom. The average molecular weight is 504 g/mol. The lowest BCUT2D eigenvalue weighted by Crippen LogP contribution is -2.39. The van der Waals surface area contributed by atoms with Gasteiger partial charge in [0.1, 0.15) is 17.5 Å². The SMILES string of the molecule is Cc1[nH]nc(C(C)(C)C)c1Cc1sc2c(c1C(=O)N1CC(O)CO1)c(=O)n(C)c(=O)n2CC(C)C. The van der Waals surface area contributed by atoms with Crippen LogP contribution in [0.25, 0.3) is 10.2 Å². The van der Waals surface area contributed by atoms with Gasteiger partial charge in [-0.1, -0.05) is 34.6 Å². The molecular formula is C24H33N5O5S. The summed E-state index contributed by atoms with van der Waals surface area (Å²) in [6, 6.07) is 0. The van der Waals surface area contributed by atoms with Crippen molar-refractivity contribution >= 4 is 27.5 Å². The number of carbonyl (C=O) groups excluding carboxylic acids is 1. The van der Waals surface area contributed by atoms with Crippen molar-refractivity contribution in [3.05, 3.63) is 48.2 Å². The third-order valence-corrected chi connectivity index (χ3v) is 7.37. The maximum Gasteiger partial charge on any atom is 0.331 e. The largest absolute Gasteiger partial charge is 0.389 e. The lowest BCUT2D eigenvalue weighted by Gasteiger charge is -2.18. The van der Waals surface area contributed by atoms with Crippen molar-refractivity contribution in [2.45, 2.75) is 66.0 Å². The second-order valence-electron chi connectivity index (χ2n) is 10.6. The second-order valence-corrected chi connectivity index (χ2v) is 11.7. The van der Waals surface area contributed by atoms with Gasteiger partial charge in [-0.05, 0) is 12.8 Å². The molecule has 4 rings (SSSR count). The minimum Gasteiger partial charge on any atom is -0.389 e. The lowest BCUT2D eigenvalue weighted by molar-refractivity contribution is -0.0778. The number of thiophene rings is 1. The van der Waals surface area contributed by atoms with Crippen LogP contribution in [0.3, 0.4) is 0 Å². The van der Waals surface area contributed by atoms with Crippen LogP contribution in [0.5, 0.6) is 0 Å². The summed E-state index contributed by atoms with van der Waals surface area (Å²) in [5.74, 6) is -0.341. The molecular weight excluding hydrogens is 470 g/mol. The van der Waals surface area contributed by atoms with Gasteiger partial charge < -0.3 is 5.11 Å². The Bertz CT molecular complexity index is 1400. The predicted octanol–water partition coefficient (Wildman–Crippen LogP) is 2.09. The summed E-state index contributed by atoms with van der Waals surface area (Å²) < 4.78 is 2.64. The molecule has 0 radical (unpaired) electrons. The van der Waals surface area contributed by atoms with Gasteiger partial charge in [0.2, 0.25) is 0 Å². The number of aliphatic hydroxyl groups is 1. The molecule has 0 spiro atoms. The number of H-pyrrole nitrogens is 1. The van der Waals surface area contributed by atoms with E-state index >= 15 is 0 Å². The van der Waals surface area contributed by atoms with Gasteiger partial charge >= 0.3 is 5.69 Å². The van der Waals surface area contributed by atoms with Gasteiger partial charge in [0.25, 0.3) is 11.5 Å². The number of fused-ring (bicyclic) bond motifs is 1. The van der Waals surface area contributed by atoms with Gasteiger partial charge in [-0.15, -0.1) is 11.3 Å². The molecule has 0 aliphatic carbocycles. The van der Waals surface area contributed by atoms with E-state index in [1.165, 1.54) is 18.4 Å². The Kier molecular flexibility index (Phi) is 6.54. The molecule has 1 fully saturated rings. The molecule has 0 saturated carbocycles. The second kappa shape index (κ2) is 9.03. The highest BCUT2D eigenvalue weighted by atomic mass is 32.1. The minimum atomic E-state index is -0.794. The van der Waals surface area contributed by atoms with Crippen LogP contribution in [0.15, 0.2) is 9.59 Å². The van der Waals surface area contributed by atoms with E-state index in [0.29, 0.717) is 22.7 Å². The molecule has 1 aliphatic rings. The Hall–Kier alpha value is -2.76. The number of carbonyl (C=O) groups is 1. The Morgan fingerprint density at radius 1 is 1.31 bits per heavy atom. The van der Waals surface area contributed by atoms with Crippen molar-refractivity contribution in [3.63, 3.8) is 0 Å². The van der Waals surface area contributed by atoms with Gasteiger partial charge in [0.15, 0.2) is 0 Å². The van der Waals surface area contributed by atoms with E-state index in [-0.39, 0.29) is 35.4 Å². The molecule has 3 aromatic heterocycles. The molecule has 1 aliphatic heterocycles. The van der Waals surface area contributed by atoms with E-state index in [4.69, 9.17) is 4.84 Å². The number of rotatable bonds is 5. The topological polar surface area (TPSA) is 122 Å². The molecule has 11 heteroatoms. The van der Waals surface area contributed by atoms with Crippen LogP contribution in [0, 0.1) is 12.8 Å². The molecule has 0 aromatic carbocycles. The highest BCUT2D eigenvalue weighted by Crippen LogP contribution is 2.35. The van der Waals surface area contributed by atoms with Gasteiger partial charge in [-0.3, -0.25) is 28.7 Å². The molecule has 190 valence electrons. The lowest BCUT2D eigenvalue weighted by atomic mass is 9.87. The minimum absolute atomic E-state index is 0.00816. The fourth-order valence-electron chi connectivity index (χ4n) is 4.44. The highest BCUT2D eigenvalue weighted by molar-refractivity contribution is 7.19. The molecule has 1 amide bonds. The number of amides is 1. The third-order valence-electron chi connectivity index (χ3n) is 6.15. The fraction of sp³-hybridized carbons (Fsp3) is 0.583. The summed E-state index contributed by atoms with van der Waals surface area (Å²) in [6.07, 6.45) is -0.428. The van der Waals surface area contributed by atoms with E-state index in [0.717, 1.165) is 26.6 Å². The van der Waals surface area contributed by atoms with Crippen molar-refractivity contribution < 1.29 is 14.7 Å². The first-order valence-electron chi connectivity index (χ1n) is 11.7. The van der Waals surface area contributed by atoms with E-state index < -0.39 is 23.3 Å². The molecule has 3 aromatic rings. The Labute approximate surface area is 207 Å². The summed E-state index contributed by atoms with van der Waals surface area (Å²) >= 11 is 1.29. The van der Waals surface area contributed by atoms with E-state index in [1.807, 2.05) is 20.8 Å². The van der Waals surface area contributed by atoms with Crippen molar-refractivity contribution in [1.82, 2.24) is 24.4 Å². The van der Waals surface area contributed by atoms with Gasteiger partial charge in [-0.2, -0.15) is 5.10 Å². The van der Waals surface area contributed by atoms with Crippen LogP contribution in [-0.2, 0) is 30.3 Å². The first-order chi connectivity index (χ1) is 16.3. The number of aryl methyl sites for hydroxylation is 1. The molecule has 1 atom stereocenters. The summed E-state index contributed by atoms with van der Waals surface area (Å²) in [4.78, 5) is 46.7. The number of hydroxylamine groups is 2. The standard InChI is InChI=1S/C24H33N5O5S/c1-12(2)9-28-22-18(20(31)27(7)23(28)33)17(21(32)29-10-14(30)11-34-29)16(35-22)8-15-13(3)25-26-19(15)24(4,5)6/h12,14,30H,8-11H2,1-7H3,(H,25,26). The maximum absolute atomic E-state index is 13.7. The van der Waals surface area contributed by atoms with Crippen LogP contribution in [0.1, 0.15) is 66.8 Å². The van der Waals surface area contributed by atoms with Crippen molar-refractivity contribution in [3.8, 4) is 0 Å². The first kappa shape index (κ1) is 25.3. The summed E-state index contributed by atoms with van der Waals surface area (Å²) in [7, 11) is 1.43. The Morgan fingerprint density at radius 3 is 2.57 bits per heavy atom.